The van der Waals surface area contributed by atoms with E-state index in [1.165, 1.54) is 0 Å². The van der Waals surface area contributed by atoms with Gasteiger partial charge in [0.15, 0.2) is 0 Å². The molecule has 0 atom stereocenters. The van der Waals surface area contributed by atoms with Crippen LogP contribution in [0.2, 0.25) is 0 Å². The van der Waals surface area contributed by atoms with Crippen LogP contribution >= 0.6 is 0 Å². The number of carbonyl (C=O) groups excluding carboxylic acids is 1. The lowest BCUT2D eigenvalue weighted by molar-refractivity contribution is 0.0950. The molecule has 0 fully saturated rings. The van der Waals surface area contributed by atoms with Gasteiger partial charge in [-0.25, -0.2) is 4.98 Å². The van der Waals surface area contributed by atoms with Crippen LogP contribution in [0.3, 0.4) is 0 Å². The molecule has 6 nitrogen and oxygen atoms in total. The average molecular weight is 382 g/mol. The third-order valence-corrected chi connectivity index (χ3v) is 4.41. The lowest BCUT2D eigenvalue weighted by atomic mass is 10.1. The van der Waals surface area contributed by atoms with Gasteiger partial charge in [-0.15, -0.1) is 0 Å². The second-order valence-electron chi connectivity index (χ2n) is 6.51. The number of pyridine rings is 1. The maximum Gasteiger partial charge on any atom is 0.251 e. The molecule has 0 bridgehead atoms. The van der Waals surface area contributed by atoms with Crippen molar-refractivity contribution >= 4 is 11.6 Å². The molecule has 1 N–H and O–H groups in total. The van der Waals surface area contributed by atoms with Crippen molar-refractivity contribution in [1.82, 2.24) is 14.7 Å². The lowest BCUT2D eigenvalue weighted by Crippen LogP contribution is -2.22. The first-order valence-electron chi connectivity index (χ1n) is 9.14. The van der Waals surface area contributed by atoms with E-state index in [0.29, 0.717) is 30.0 Å². The highest BCUT2D eigenvalue weighted by Crippen LogP contribution is 2.16. The van der Waals surface area contributed by atoms with E-state index < -0.39 is 0 Å². The first-order chi connectivity index (χ1) is 14.2. The van der Waals surface area contributed by atoms with E-state index >= 15 is 0 Å². The van der Waals surface area contributed by atoms with Gasteiger partial charge >= 0.3 is 0 Å². The van der Waals surface area contributed by atoms with E-state index in [1.54, 1.807) is 36.4 Å². The maximum atomic E-state index is 12.5. The van der Waals surface area contributed by atoms with Gasteiger partial charge in [-0.3, -0.25) is 4.79 Å². The number of nitrogens with one attached hydrogen (secondary N) is 1. The van der Waals surface area contributed by atoms with Crippen LogP contribution in [-0.4, -0.2) is 15.3 Å². The molecule has 1 amide bonds. The van der Waals surface area contributed by atoms with Crippen molar-refractivity contribution in [2.45, 2.75) is 13.2 Å². The van der Waals surface area contributed by atoms with E-state index in [9.17, 15) is 4.79 Å². The molecule has 0 aliphatic carbocycles. The number of ether oxygens (including phenoxy) is 1. The van der Waals surface area contributed by atoms with Crippen LogP contribution in [0.1, 0.15) is 27.2 Å². The third kappa shape index (κ3) is 4.42. The molecule has 142 valence electrons. The van der Waals surface area contributed by atoms with Crippen molar-refractivity contribution in [2.75, 3.05) is 0 Å². The number of amides is 1. The summed E-state index contributed by atoms with van der Waals surface area (Å²) in [5.41, 5.74) is 3.62. The Hall–Kier alpha value is -4.11. The Kier molecular flexibility index (Phi) is 5.21. The summed E-state index contributed by atoms with van der Waals surface area (Å²) in [6.07, 6.45) is 3.85. The Morgan fingerprint density at radius 3 is 2.86 bits per heavy atom. The molecule has 4 rings (SSSR count). The standard InChI is InChI=1S/C23H18N4O2/c24-13-17-5-3-6-18(11-17)14-25-23(28)19-7-4-8-21(12-19)29-16-20-15-27-10-2-1-9-22(27)26-20/h1-12,15H,14,16H2,(H,25,28). The molecule has 0 aliphatic heterocycles. The molecule has 0 aliphatic rings. The zero-order valence-corrected chi connectivity index (χ0v) is 15.6. The minimum Gasteiger partial charge on any atom is -0.487 e. The van der Waals surface area contributed by atoms with E-state index in [4.69, 9.17) is 10.00 Å². The molecule has 0 saturated carbocycles. The van der Waals surface area contributed by atoms with Gasteiger partial charge in [0, 0.05) is 24.5 Å². The first-order valence-corrected chi connectivity index (χ1v) is 9.14. The molecule has 4 aromatic rings. The summed E-state index contributed by atoms with van der Waals surface area (Å²) in [4.78, 5) is 17.0. The zero-order chi connectivity index (χ0) is 20.1. The number of nitrogens with zero attached hydrogens (tertiary/aromatic N) is 3. The molecule has 0 spiro atoms. The van der Waals surface area contributed by atoms with Gasteiger partial charge in [-0.2, -0.15) is 5.26 Å². The van der Waals surface area contributed by atoms with Gasteiger partial charge in [-0.1, -0.05) is 24.3 Å². The Morgan fingerprint density at radius 2 is 2.00 bits per heavy atom. The lowest BCUT2D eigenvalue weighted by Gasteiger charge is -2.08. The highest BCUT2D eigenvalue weighted by Gasteiger charge is 2.08. The second-order valence-corrected chi connectivity index (χ2v) is 6.51. The summed E-state index contributed by atoms with van der Waals surface area (Å²) >= 11 is 0. The van der Waals surface area contributed by atoms with Crippen LogP contribution in [0.5, 0.6) is 5.75 Å². The number of benzene rings is 2. The number of aromatic nitrogens is 2. The van der Waals surface area contributed by atoms with Crippen molar-refractivity contribution in [3.63, 3.8) is 0 Å². The molecule has 29 heavy (non-hydrogen) atoms. The fraction of sp³-hybridized carbons (Fsp3) is 0.0870. The quantitative estimate of drug-likeness (QED) is 0.551. The Balaban J connectivity index is 1.38. The van der Waals surface area contributed by atoms with Crippen LogP contribution in [0.25, 0.3) is 5.65 Å². The monoisotopic (exact) mass is 382 g/mol. The molecule has 0 saturated heterocycles. The molecule has 2 aromatic heterocycles. The normalized spacial score (nSPS) is 10.4. The largest absolute Gasteiger partial charge is 0.487 e. The maximum absolute atomic E-state index is 12.5. The van der Waals surface area contributed by atoms with E-state index in [1.807, 2.05) is 47.1 Å². The number of hydrogen-bond acceptors (Lipinski definition) is 4. The Morgan fingerprint density at radius 1 is 1.10 bits per heavy atom. The van der Waals surface area contributed by atoms with E-state index in [-0.39, 0.29) is 5.91 Å². The third-order valence-electron chi connectivity index (χ3n) is 4.41. The predicted molar refractivity (Wildman–Crippen MR) is 108 cm³/mol. The van der Waals surface area contributed by atoms with E-state index in [2.05, 4.69) is 16.4 Å². The number of hydrogen-bond donors (Lipinski definition) is 1. The summed E-state index contributed by atoms with van der Waals surface area (Å²) in [5.74, 6) is 0.395. The first kappa shape index (κ1) is 18.3. The van der Waals surface area contributed by atoms with Gasteiger partial charge in [0.25, 0.3) is 5.91 Å². The fourth-order valence-electron chi connectivity index (χ4n) is 2.98. The van der Waals surface area contributed by atoms with Crippen LogP contribution < -0.4 is 10.1 Å². The molecular weight excluding hydrogens is 364 g/mol. The number of rotatable bonds is 6. The molecular formula is C23H18N4O2. The molecule has 0 unspecified atom stereocenters. The smallest absolute Gasteiger partial charge is 0.251 e. The number of imidazole rings is 1. The van der Waals surface area contributed by atoms with Crippen molar-refractivity contribution in [3.8, 4) is 11.8 Å². The van der Waals surface area contributed by atoms with Gasteiger partial charge in [0.05, 0.1) is 17.3 Å². The predicted octanol–water partition coefficient (Wildman–Crippen LogP) is 3.71. The summed E-state index contributed by atoms with van der Waals surface area (Å²) in [6.45, 7) is 0.661. The number of carbonyl (C=O) groups is 1. The highest BCUT2D eigenvalue weighted by atomic mass is 16.5. The van der Waals surface area contributed by atoms with Gasteiger partial charge in [0.2, 0.25) is 0 Å². The van der Waals surface area contributed by atoms with Crippen molar-refractivity contribution in [2.24, 2.45) is 0 Å². The van der Waals surface area contributed by atoms with Crippen LogP contribution in [-0.2, 0) is 13.2 Å². The van der Waals surface area contributed by atoms with Gasteiger partial charge in [0.1, 0.15) is 18.0 Å². The summed E-state index contributed by atoms with van der Waals surface area (Å²) < 4.78 is 7.75. The van der Waals surface area contributed by atoms with Crippen LogP contribution in [0.15, 0.2) is 79.1 Å². The number of fused-ring (bicyclic) bond motifs is 1. The van der Waals surface area contributed by atoms with Gasteiger partial charge < -0.3 is 14.5 Å². The van der Waals surface area contributed by atoms with Crippen molar-refractivity contribution < 1.29 is 9.53 Å². The van der Waals surface area contributed by atoms with Crippen molar-refractivity contribution in [1.29, 1.82) is 5.26 Å². The molecule has 2 aromatic carbocycles. The molecule has 0 radical (unpaired) electrons. The minimum absolute atomic E-state index is 0.203. The zero-order valence-electron chi connectivity index (χ0n) is 15.6. The Bertz CT molecular complexity index is 1170. The summed E-state index contributed by atoms with van der Waals surface area (Å²) in [6, 6.07) is 22.1. The van der Waals surface area contributed by atoms with Crippen LogP contribution in [0.4, 0.5) is 0 Å². The topological polar surface area (TPSA) is 79.4 Å². The fourth-order valence-corrected chi connectivity index (χ4v) is 2.98. The molecule has 6 heteroatoms. The number of nitriles is 1. The van der Waals surface area contributed by atoms with Crippen molar-refractivity contribution in [3.05, 3.63) is 102 Å². The van der Waals surface area contributed by atoms with E-state index in [0.717, 1.165) is 16.9 Å². The van der Waals surface area contributed by atoms with Gasteiger partial charge in [-0.05, 0) is 48.0 Å². The van der Waals surface area contributed by atoms with Crippen LogP contribution in [0, 0.1) is 11.3 Å². The minimum atomic E-state index is -0.203. The highest BCUT2D eigenvalue weighted by molar-refractivity contribution is 5.94. The average Bonchev–Trinajstić information content (AvgIpc) is 3.19. The molecule has 2 heterocycles. The summed E-state index contributed by atoms with van der Waals surface area (Å²) in [7, 11) is 0. The summed E-state index contributed by atoms with van der Waals surface area (Å²) in [5, 5.41) is 11.8. The Labute approximate surface area is 168 Å². The second kappa shape index (κ2) is 8.28. The SMILES string of the molecule is N#Cc1cccc(CNC(=O)c2cccc(OCc3cn4ccccc4n3)c2)c1.